The predicted octanol–water partition coefficient (Wildman–Crippen LogP) is 5.85. The average molecular weight is 449 g/mol. The van der Waals surface area contributed by atoms with Crippen molar-refractivity contribution in [1.82, 2.24) is 15.5 Å². The molecule has 0 unspecified atom stereocenters. The zero-order valence-electron chi connectivity index (χ0n) is 20.6. The molecule has 0 spiro atoms. The van der Waals surface area contributed by atoms with Crippen LogP contribution in [0.4, 0.5) is 5.69 Å². The van der Waals surface area contributed by atoms with Crippen LogP contribution in [0.3, 0.4) is 0 Å². The predicted molar refractivity (Wildman–Crippen MR) is 139 cm³/mol. The van der Waals surface area contributed by atoms with E-state index in [-0.39, 0.29) is 0 Å². The molecule has 1 aliphatic heterocycles. The number of phenols is 1. The van der Waals surface area contributed by atoms with Crippen molar-refractivity contribution in [3.05, 3.63) is 82.9 Å². The van der Waals surface area contributed by atoms with E-state index in [1.165, 1.54) is 17.1 Å². The molecular formula is C28H40N4O. The second kappa shape index (κ2) is 12.2. The first kappa shape index (κ1) is 24.6. The lowest BCUT2D eigenvalue weighted by Crippen LogP contribution is -2.43. The summed E-state index contributed by atoms with van der Waals surface area (Å²) in [5.74, 6) is 2.54. The first-order valence-corrected chi connectivity index (χ1v) is 12.3. The molecular weight excluding hydrogens is 408 g/mol. The van der Waals surface area contributed by atoms with Gasteiger partial charge in [-0.05, 0) is 74.9 Å². The van der Waals surface area contributed by atoms with E-state index >= 15 is 0 Å². The molecule has 2 aromatic carbocycles. The van der Waals surface area contributed by atoms with Crippen LogP contribution < -0.4 is 16.0 Å². The number of anilines is 1. The number of likely N-dealkylation sites (tertiary alicyclic amines) is 1. The molecule has 1 fully saturated rings. The average Bonchev–Trinajstić information content (AvgIpc) is 2.83. The largest absolute Gasteiger partial charge is 0.508 e. The van der Waals surface area contributed by atoms with Crippen molar-refractivity contribution < 1.29 is 5.11 Å². The highest BCUT2D eigenvalue weighted by Crippen LogP contribution is 2.22. The number of rotatable bonds is 10. The second-order valence-electron chi connectivity index (χ2n) is 8.83. The van der Waals surface area contributed by atoms with E-state index in [2.05, 4.69) is 78.0 Å². The standard InChI is InChI=1S/C28H40N4O/c1-5-11-27(32-18-16-24(17-19-32)30-23-13-8-7-9-14-23)31-28(21(3)6-2)29-20-25-22(4)12-10-15-26(25)33/h7-15,24,29-31,33H,5-6,16-20H2,1-4H3/b27-11+,28-21?. The molecule has 1 heterocycles. The van der Waals surface area contributed by atoms with Gasteiger partial charge in [-0.15, -0.1) is 0 Å². The lowest BCUT2D eigenvalue weighted by Gasteiger charge is -2.36. The van der Waals surface area contributed by atoms with Gasteiger partial charge in [-0.3, -0.25) is 0 Å². The van der Waals surface area contributed by atoms with Crippen molar-refractivity contribution in [2.75, 3.05) is 18.4 Å². The SMILES string of the molecule is CC/C=C(\NC(NCc1c(C)cccc1O)=C(C)CC)N1CCC(Nc2ccccc2)CC1. The van der Waals surface area contributed by atoms with Gasteiger partial charge in [-0.25, -0.2) is 0 Å². The van der Waals surface area contributed by atoms with E-state index in [1.54, 1.807) is 6.07 Å². The van der Waals surface area contributed by atoms with E-state index in [1.807, 2.05) is 19.1 Å². The van der Waals surface area contributed by atoms with Crippen LogP contribution in [0.5, 0.6) is 5.75 Å². The molecule has 5 nitrogen and oxygen atoms in total. The number of nitrogens with one attached hydrogen (secondary N) is 3. The van der Waals surface area contributed by atoms with Gasteiger partial charge < -0.3 is 26.0 Å². The molecule has 0 amide bonds. The molecule has 4 N–H and O–H groups in total. The molecule has 0 saturated carbocycles. The molecule has 0 bridgehead atoms. The summed E-state index contributed by atoms with van der Waals surface area (Å²) in [6.45, 7) is 11.2. The third-order valence-electron chi connectivity index (χ3n) is 6.42. The number of aromatic hydroxyl groups is 1. The Morgan fingerprint density at radius 3 is 2.42 bits per heavy atom. The van der Waals surface area contributed by atoms with Crippen molar-refractivity contribution in [3.63, 3.8) is 0 Å². The van der Waals surface area contributed by atoms with Crippen LogP contribution in [-0.4, -0.2) is 29.1 Å². The van der Waals surface area contributed by atoms with Gasteiger partial charge in [0.2, 0.25) is 0 Å². The zero-order valence-corrected chi connectivity index (χ0v) is 20.6. The topological polar surface area (TPSA) is 59.6 Å². The Labute approximate surface area is 199 Å². The Hall–Kier alpha value is -3.08. The minimum absolute atomic E-state index is 0.341. The number of hydrogen-bond acceptors (Lipinski definition) is 5. The number of benzene rings is 2. The minimum Gasteiger partial charge on any atom is -0.508 e. The highest BCUT2D eigenvalue weighted by atomic mass is 16.3. The fourth-order valence-corrected chi connectivity index (χ4v) is 4.19. The van der Waals surface area contributed by atoms with Gasteiger partial charge in [-0.2, -0.15) is 0 Å². The van der Waals surface area contributed by atoms with Gasteiger partial charge in [-0.1, -0.05) is 44.2 Å². The molecule has 2 aromatic rings. The first-order chi connectivity index (χ1) is 16.0. The van der Waals surface area contributed by atoms with E-state index < -0.39 is 0 Å². The number of nitrogens with zero attached hydrogens (tertiary/aromatic N) is 1. The normalized spacial score (nSPS) is 15.8. The second-order valence-corrected chi connectivity index (χ2v) is 8.83. The van der Waals surface area contributed by atoms with Gasteiger partial charge >= 0.3 is 0 Å². The lowest BCUT2D eigenvalue weighted by atomic mass is 10.0. The molecule has 1 saturated heterocycles. The molecule has 3 rings (SSSR count). The van der Waals surface area contributed by atoms with Crippen LogP contribution in [0.15, 0.2) is 71.8 Å². The Morgan fingerprint density at radius 2 is 1.79 bits per heavy atom. The van der Waals surface area contributed by atoms with Gasteiger partial charge in [0.15, 0.2) is 0 Å². The van der Waals surface area contributed by atoms with Gasteiger partial charge in [0.05, 0.1) is 0 Å². The molecule has 0 atom stereocenters. The molecule has 0 radical (unpaired) electrons. The van der Waals surface area contributed by atoms with Gasteiger partial charge in [0.1, 0.15) is 17.4 Å². The van der Waals surface area contributed by atoms with Crippen LogP contribution in [0, 0.1) is 6.92 Å². The van der Waals surface area contributed by atoms with Crippen LogP contribution in [-0.2, 0) is 6.54 Å². The Morgan fingerprint density at radius 1 is 1.06 bits per heavy atom. The van der Waals surface area contributed by atoms with Crippen molar-refractivity contribution in [3.8, 4) is 5.75 Å². The van der Waals surface area contributed by atoms with Crippen LogP contribution in [0.25, 0.3) is 0 Å². The maximum absolute atomic E-state index is 10.3. The number of allylic oxidation sites excluding steroid dienone is 2. The quantitative estimate of drug-likeness (QED) is 0.367. The molecule has 0 aliphatic carbocycles. The Kier molecular flexibility index (Phi) is 9.11. The molecule has 0 aromatic heterocycles. The highest BCUT2D eigenvalue weighted by molar-refractivity contribution is 5.43. The van der Waals surface area contributed by atoms with Crippen molar-refractivity contribution in [2.24, 2.45) is 0 Å². The molecule has 178 valence electrons. The lowest BCUT2D eigenvalue weighted by molar-refractivity contribution is 0.257. The number of para-hydroxylation sites is 1. The zero-order chi connectivity index (χ0) is 23.6. The van der Waals surface area contributed by atoms with Crippen molar-refractivity contribution in [2.45, 2.75) is 66.0 Å². The van der Waals surface area contributed by atoms with Gasteiger partial charge in [0, 0.05) is 36.9 Å². The third-order valence-corrected chi connectivity index (χ3v) is 6.42. The van der Waals surface area contributed by atoms with E-state index in [0.717, 1.165) is 55.7 Å². The molecule has 5 heteroatoms. The number of piperidine rings is 1. The maximum Gasteiger partial charge on any atom is 0.120 e. The number of hydrogen-bond donors (Lipinski definition) is 4. The smallest absolute Gasteiger partial charge is 0.120 e. The summed E-state index contributed by atoms with van der Waals surface area (Å²) >= 11 is 0. The Bertz CT molecular complexity index is 923. The highest BCUT2D eigenvalue weighted by Gasteiger charge is 2.21. The first-order valence-electron chi connectivity index (χ1n) is 12.3. The summed E-state index contributed by atoms with van der Waals surface area (Å²) < 4.78 is 0. The fraction of sp³-hybridized carbons (Fsp3) is 0.429. The van der Waals surface area contributed by atoms with Crippen molar-refractivity contribution >= 4 is 5.69 Å². The van der Waals surface area contributed by atoms with Gasteiger partial charge in [0.25, 0.3) is 0 Å². The van der Waals surface area contributed by atoms with Crippen LogP contribution in [0.1, 0.15) is 57.6 Å². The molecule has 33 heavy (non-hydrogen) atoms. The van der Waals surface area contributed by atoms with E-state index in [4.69, 9.17) is 0 Å². The van der Waals surface area contributed by atoms with Crippen molar-refractivity contribution in [1.29, 1.82) is 0 Å². The summed E-state index contributed by atoms with van der Waals surface area (Å²) in [6.07, 6.45) is 6.42. The fourth-order valence-electron chi connectivity index (χ4n) is 4.19. The number of aryl methyl sites for hydroxylation is 1. The Balaban J connectivity index is 1.64. The monoisotopic (exact) mass is 448 g/mol. The van der Waals surface area contributed by atoms with Crippen LogP contribution >= 0.6 is 0 Å². The molecule has 1 aliphatic rings. The van der Waals surface area contributed by atoms with Crippen LogP contribution in [0.2, 0.25) is 0 Å². The summed E-state index contributed by atoms with van der Waals surface area (Å²) in [7, 11) is 0. The summed E-state index contributed by atoms with van der Waals surface area (Å²) in [4.78, 5) is 2.46. The third kappa shape index (κ3) is 6.95. The summed E-state index contributed by atoms with van der Waals surface area (Å²) in [5.41, 5.74) is 4.50. The van der Waals surface area contributed by atoms with E-state index in [9.17, 15) is 5.11 Å². The minimum atomic E-state index is 0.341. The van der Waals surface area contributed by atoms with E-state index in [0.29, 0.717) is 18.3 Å². The maximum atomic E-state index is 10.3. The summed E-state index contributed by atoms with van der Waals surface area (Å²) in [6, 6.07) is 16.7. The summed E-state index contributed by atoms with van der Waals surface area (Å²) in [5, 5.41) is 21.2. The number of phenolic OH excluding ortho intramolecular Hbond substituents is 1.